The third kappa shape index (κ3) is 5.22. The van der Waals surface area contributed by atoms with Crippen LogP contribution >= 0.6 is 0 Å². The van der Waals surface area contributed by atoms with Crippen molar-refractivity contribution in [1.29, 1.82) is 0 Å². The predicted molar refractivity (Wildman–Crippen MR) is 137 cm³/mol. The van der Waals surface area contributed by atoms with E-state index in [1.54, 1.807) is 24.3 Å². The van der Waals surface area contributed by atoms with E-state index >= 15 is 0 Å². The van der Waals surface area contributed by atoms with Gasteiger partial charge in [-0.15, -0.1) is 0 Å². The Bertz CT molecular complexity index is 1460. The summed E-state index contributed by atoms with van der Waals surface area (Å²) in [6.07, 6.45) is -3.61. The topological polar surface area (TPSA) is 66.6 Å². The van der Waals surface area contributed by atoms with Crippen LogP contribution in [0.4, 0.5) is 13.2 Å². The van der Waals surface area contributed by atoms with Crippen molar-refractivity contribution in [3.05, 3.63) is 113 Å². The molecule has 37 heavy (non-hydrogen) atoms. The van der Waals surface area contributed by atoms with Crippen LogP contribution in [0.15, 0.2) is 84.9 Å². The number of benzene rings is 4. The molecule has 0 bridgehead atoms. The summed E-state index contributed by atoms with van der Waals surface area (Å²) in [4.78, 5) is 14.9. The Hall–Kier alpha value is -4.10. The molecule has 1 aliphatic rings. The van der Waals surface area contributed by atoms with E-state index in [2.05, 4.69) is 17.0 Å². The Balaban J connectivity index is 1.44. The highest BCUT2D eigenvalue weighted by molar-refractivity contribution is 6.06. The summed E-state index contributed by atoms with van der Waals surface area (Å²) in [5.41, 5.74) is 11.2. The van der Waals surface area contributed by atoms with Crippen LogP contribution in [0.5, 0.6) is 5.75 Å². The smallest absolute Gasteiger partial charge is 0.416 e. The van der Waals surface area contributed by atoms with Crippen LogP contribution in [-0.4, -0.2) is 22.5 Å². The molecule has 1 heterocycles. The van der Waals surface area contributed by atoms with Crippen molar-refractivity contribution >= 4 is 5.91 Å². The standard InChI is InChI=1S/C30H25F3N2O2/c31-30(32,33)24-11-9-20(10-12-24)26-5-2-6-27(28(26)29(34)37)22-7-8-23-18-35(14-13-21(23)16-22)17-19-3-1-4-25(36)15-19/h1-12,15-16,36H,13-14,17-18H2,(H2,34,37). The maximum absolute atomic E-state index is 13.0. The number of primary amides is 1. The fraction of sp³-hybridized carbons (Fsp3) is 0.167. The summed E-state index contributed by atoms with van der Waals surface area (Å²) in [6, 6.07) is 23.4. The van der Waals surface area contributed by atoms with Crippen molar-refractivity contribution in [2.24, 2.45) is 5.73 Å². The van der Waals surface area contributed by atoms with Crippen molar-refractivity contribution in [3.8, 4) is 28.0 Å². The van der Waals surface area contributed by atoms with Crippen LogP contribution in [-0.2, 0) is 25.7 Å². The first-order chi connectivity index (χ1) is 17.7. The largest absolute Gasteiger partial charge is 0.508 e. The number of alkyl halides is 3. The maximum atomic E-state index is 13.0. The summed E-state index contributed by atoms with van der Waals surface area (Å²) >= 11 is 0. The van der Waals surface area contributed by atoms with E-state index in [0.29, 0.717) is 16.7 Å². The summed E-state index contributed by atoms with van der Waals surface area (Å²) in [6.45, 7) is 2.34. The lowest BCUT2D eigenvalue weighted by Gasteiger charge is -2.29. The van der Waals surface area contributed by atoms with Crippen molar-refractivity contribution in [2.45, 2.75) is 25.7 Å². The molecule has 0 aromatic heterocycles. The first-order valence-corrected chi connectivity index (χ1v) is 11.9. The van der Waals surface area contributed by atoms with Gasteiger partial charge in [0.05, 0.1) is 11.1 Å². The summed E-state index contributed by atoms with van der Waals surface area (Å²) in [5.74, 6) is -0.385. The molecule has 1 amide bonds. The van der Waals surface area contributed by atoms with Crippen LogP contribution in [0.3, 0.4) is 0 Å². The summed E-state index contributed by atoms with van der Waals surface area (Å²) in [5, 5.41) is 9.74. The molecule has 4 nitrogen and oxygen atoms in total. The highest BCUT2D eigenvalue weighted by Crippen LogP contribution is 2.36. The SMILES string of the molecule is NC(=O)c1c(-c2ccc(C(F)(F)F)cc2)cccc1-c1ccc2c(c1)CCN(Cc1cccc(O)c1)C2. The Morgan fingerprint density at radius 2 is 1.54 bits per heavy atom. The minimum atomic E-state index is -4.44. The highest BCUT2D eigenvalue weighted by atomic mass is 19.4. The number of hydrogen-bond acceptors (Lipinski definition) is 3. The number of hydrogen-bond donors (Lipinski definition) is 2. The summed E-state index contributed by atoms with van der Waals surface area (Å²) in [7, 11) is 0. The molecule has 0 spiro atoms. The Morgan fingerprint density at radius 1 is 0.865 bits per heavy atom. The number of halogens is 3. The average Bonchev–Trinajstić information content (AvgIpc) is 2.87. The Labute approximate surface area is 212 Å². The fourth-order valence-corrected chi connectivity index (χ4v) is 4.96. The summed E-state index contributed by atoms with van der Waals surface area (Å²) < 4.78 is 39.0. The predicted octanol–water partition coefficient (Wildman–Crippen LogP) is 6.40. The number of nitrogens with two attached hydrogens (primary N) is 1. The van der Waals surface area contributed by atoms with Crippen LogP contribution in [0, 0.1) is 0 Å². The average molecular weight is 503 g/mol. The molecule has 4 aromatic carbocycles. The molecule has 0 atom stereocenters. The van der Waals surface area contributed by atoms with E-state index in [4.69, 9.17) is 5.73 Å². The second-order valence-electron chi connectivity index (χ2n) is 9.28. The molecule has 0 saturated heterocycles. The third-order valence-corrected chi connectivity index (χ3v) is 6.76. The van der Waals surface area contributed by atoms with Crippen molar-refractivity contribution in [2.75, 3.05) is 6.54 Å². The zero-order valence-electron chi connectivity index (χ0n) is 19.9. The minimum absolute atomic E-state index is 0.253. The lowest BCUT2D eigenvalue weighted by molar-refractivity contribution is -0.137. The molecule has 5 rings (SSSR count). The molecule has 1 aliphatic heterocycles. The first-order valence-electron chi connectivity index (χ1n) is 11.9. The lowest BCUT2D eigenvalue weighted by Crippen LogP contribution is -2.30. The van der Waals surface area contributed by atoms with Gasteiger partial charge in [-0.25, -0.2) is 0 Å². The van der Waals surface area contributed by atoms with Gasteiger partial charge in [-0.2, -0.15) is 13.2 Å². The van der Waals surface area contributed by atoms with E-state index in [-0.39, 0.29) is 11.3 Å². The number of phenols is 1. The van der Waals surface area contributed by atoms with E-state index in [0.717, 1.165) is 49.3 Å². The zero-order valence-corrected chi connectivity index (χ0v) is 19.9. The van der Waals surface area contributed by atoms with Gasteiger partial charge < -0.3 is 10.8 Å². The van der Waals surface area contributed by atoms with Gasteiger partial charge >= 0.3 is 6.18 Å². The molecule has 7 heteroatoms. The number of rotatable bonds is 5. The van der Waals surface area contributed by atoms with E-state index in [1.165, 1.54) is 23.3 Å². The highest BCUT2D eigenvalue weighted by Gasteiger charge is 2.30. The van der Waals surface area contributed by atoms with Gasteiger partial charge in [0.15, 0.2) is 0 Å². The zero-order chi connectivity index (χ0) is 26.2. The molecule has 188 valence electrons. The molecule has 0 fully saturated rings. The van der Waals surface area contributed by atoms with E-state index < -0.39 is 17.6 Å². The van der Waals surface area contributed by atoms with Crippen molar-refractivity contribution < 1.29 is 23.1 Å². The van der Waals surface area contributed by atoms with E-state index in [1.807, 2.05) is 24.3 Å². The lowest BCUT2D eigenvalue weighted by atomic mass is 9.88. The van der Waals surface area contributed by atoms with Gasteiger partial charge in [-0.1, -0.05) is 60.7 Å². The number of amides is 1. The van der Waals surface area contributed by atoms with Crippen molar-refractivity contribution in [3.63, 3.8) is 0 Å². The monoisotopic (exact) mass is 502 g/mol. The molecule has 0 unspecified atom stereocenters. The number of phenolic OH excluding ortho intramolecular Hbond substituents is 1. The van der Waals surface area contributed by atoms with Gasteiger partial charge in [-0.05, 0) is 69.6 Å². The van der Waals surface area contributed by atoms with Crippen LogP contribution in [0.2, 0.25) is 0 Å². The van der Waals surface area contributed by atoms with Crippen LogP contribution in [0.1, 0.15) is 32.6 Å². The minimum Gasteiger partial charge on any atom is -0.508 e. The van der Waals surface area contributed by atoms with Gasteiger partial charge in [0.2, 0.25) is 5.91 Å². The molecule has 0 aliphatic carbocycles. The van der Waals surface area contributed by atoms with E-state index in [9.17, 15) is 23.1 Å². The van der Waals surface area contributed by atoms with Crippen LogP contribution < -0.4 is 5.73 Å². The number of carbonyl (C=O) groups is 1. The molecular formula is C30H25F3N2O2. The molecular weight excluding hydrogens is 477 g/mol. The number of nitrogens with zero attached hydrogens (tertiary/aromatic N) is 1. The second-order valence-corrected chi connectivity index (χ2v) is 9.28. The molecule has 0 radical (unpaired) electrons. The Morgan fingerprint density at radius 3 is 2.22 bits per heavy atom. The fourth-order valence-electron chi connectivity index (χ4n) is 4.96. The first kappa shape index (κ1) is 24.6. The second kappa shape index (κ2) is 9.75. The maximum Gasteiger partial charge on any atom is 0.416 e. The van der Waals surface area contributed by atoms with Gasteiger partial charge in [0.1, 0.15) is 5.75 Å². The Kier molecular flexibility index (Phi) is 6.48. The van der Waals surface area contributed by atoms with Gasteiger partial charge in [0, 0.05) is 19.6 Å². The quantitative estimate of drug-likeness (QED) is 0.332. The number of carbonyl (C=O) groups excluding carboxylic acids is 1. The van der Waals surface area contributed by atoms with Crippen molar-refractivity contribution in [1.82, 2.24) is 4.90 Å². The molecule has 0 saturated carbocycles. The molecule has 4 aromatic rings. The van der Waals surface area contributed by atoms with Gasteiger partial charge in [-0.3, -0.25) is 9.69 Å². The normalized spacial score (nSPS) is 13.8. The third-order valence-electron chi connectivity index (χ3n) is 6.76. The molecule has 3 N–H and O–H groups in total. The number of fused-ring (bicyclic) bond motifs is 1. The number of aromatic hydroxyl groups is 1. The van der Waals surface area contributed by atoms with Gasteiger partial charge in [0.25, 0.3) is 0 Å². The van der Waals surface area contributed by atoms with Crippen LogP contribution in [0.25, 0.3) is 22.3 Å².